The minimum absolute atomic E-state index is 0.385. The van der Waals surface area contributed by atoms with Gasteiger partial charge in [0.1, 0.15) is 0 Å². The lowest BCUT2D eigenvalue weighted by atomic mass is 9.67. The van der Waals surface area contributed by atoms with Crippen molar-refractivity contribution in [1.82, 2.24) is 0 Å². The molecule has 7 rings (SSSR count). The Morgan fingerprint density at radius 1 is 0.395 bits per heavy atom. The summed E-state index contributed by atoms with van der Waals surface area (Å²) < 4.78 is 0. The Labute approximate surface area is 224 Å². The maximum atomic E-state index is 3.57. The normalized spacial score (nSPS) is 12.9. The largest absolute Gasteiger partial charge is 0.356 e. The quantitative estimate of drug-likeness (QED) is 0.256. The van der Waals surface area contributed by atoms with Crippen LogP contribution in [0.3, 0.4) is 0 Å². The van der Waals surface area contributed by atoms with Crippen molar-refractivity contribution in [1.29, 1.82) is 0 Å². The number of hydrogen-bond acceptors (Lipinski definition) is 1. The summed E-state index contributed by atoms with van der Waals surface area (Å²) in [6.45, 7) is 0. The van der Waals surface area contributed by atoms with E-state index < -0.39 is 0 Å². The number of nitrogens with one attached hydrogen (secondary N) is 1. The molecule has 0 heterocycles. The first-order valence-electron chi connectivity index (χ1n) is 13.1. The molecule has 0 amide bonds. The number of rotatable bonds is 5. The van der Waals surface area contributed by atoms with Gasteiger partial charge in [-0.3, -0.25) is 0 Å². The van der Waals surface area contributed by atoms with Gasteiger partial charge >= 0.3 is 0 Å². The summed E-state index contributed by atoms with van der Waals surface area (Å²) in [4.78, 5) is 0. The van der Waals surface area contributed by atoms with Gasteiger partial charge in [-0.25, -0.2) is 0 Å². The fraction of sp³-hybridized carbons (Fsp3) is 0.0270. The predicted octanol–water partition coefficient (Wildman–Crippen LogP) is 9.46. The first kappa shape index (κ1) is 22.3. The van der Waals surface area contributed by atoms with E-state index in [0.717, 1.165) is 11.4 Å². The van der Waals surface area contributed by atoms with Crippen molar-refractivity contribution < 1.29 is 0 Å². The molecule has 0 fully saturated rings. The predicted molar refractivity (Wildman–Crippen MR) is 159 cm³/mol. The lowest BCUT2D eigenvalue weighted by Crippen LogP contribution is -2.28. The van der Waals surface area contributed by atoms with Gasteiger partial charge in [0.05, 0.1) is 5.41 Å². The first-order valence-corrected chi connectivity index (χ1v) is 13.1. The SMILES string of the molecule is c1ccc(Nc2cccc(-c3cccc4c3-c3ccccc3C4(c3ccccc3)c3ccccc3)c2)cc1. The third-order valence-electron chi connectivity index (χ3n) is 7.72. The van der Waals surface area contributed by atoms with Crippen LogP contribution >= 0.6 is 0 Å². The van der Waals surface area contributed by atoms with Gasteiger partial charge in [0.25, 0.3) is 0 Å². The van der Waals surface area contributed by atoms with Crippen molar-refractivity contribution in [3.05, 3.63) is 180 Å². The molecule has 1 aliphatic rings. The standard InChI is InChI=1S/C37H27N/c1-4-15-28(16-5-1)37(29-17-6-2-7-18-29)34-24-11-10-22-33(34)36-32(23-13-25-35(36)37)27-14-12-21-31(26-27)38-30-19-8-3-9-20-30/h1-26,38H. The number of anilines is 2. The van der Waals surface area contributed by atoms with Crippen molar-refractivity contribution in [3.8, 4) is 22.3 Å². The summed E-state index contributed by atoms with van der Waals surface area (Å²) in [7, 11) is 0. The molecule has 0 unspecified atom stereocenters. The molecule has 6 aromatic rings. The Hall–Kier alpha value is -4.88. The molecule has 0 saturated carbocycles. The molecule has 0 radical (unpaired) electrons. The van der Waals surface area contributed by atoms with Gasteiger partial charge in [-0.05, 0) is 68.8 Å². The molecule has 0 aromatic heterocycles. The second-order valence-electron chi connectivity index (χ2n) is 9.83. The van der Waals surface area contributed by atoms with E-state index >= 15 is 0 Å². The Bertz CT molecular complexity index is 1680. The molecule has 0 saturated heterocycles. The molecule has 1 N–H and O–H groups in total. The molecule has 0 spiro atoms. The fourth-order valence-electron chi connectivity index (χ4n) is 6.19. The molecule has 1 aliphatic carbocycles. The van der Waals surface area contributed by atoms with Gasteiger partial charge in [0.2, 0.25) is 0 Å². The van der Waals surface area contributed by atoms with Crippen molar-refractivity contribution in [3.63, 3.8) is 0 Å². The molecule has 0 atom stereocenters. The Kier molecular flexibility index (Phi) is 5.41. The first-order chi connectivity index (χ1) is 18.9. The topological polar surface area (TPSA) is 12.0 Å². The molecule has 6 aromatic carbocycles. The third kappa shape index (κ3) is 3.48. The zero-order valence-corrected chi connectivity index (χ0v) is 21.0. The highest BCUT2D eigenvalue weighted by molar-refractivity contribution is 5.95. The van der Waals surface area contributed by atoms with Crippen LogP contribution in [0.4, 0.5) is 11.4 Å². The van der Waals surface area contributed by atoms with E-state index in [-0.39, 0.29) is 5.41 Å². The van der Waals surface area contributed by atoms with Crippen LogP contribution < -0.4 is 5.32 Å². The minimum atomic E-state index is -0.385. The van der Waals surface area contributed by atoms with Gasteiger partial charge in [0.15, 0.2) is 0 Å². The highest BCUT2D eigenvalue weighted by Crippen LogP contribution is 2.58. The maximum Gasteiger partial charge on any atom is 0.0713 e. The summed E-state index contributed by atoms with van der Waals surface area (Å²) in [5, 5.41) is 3.57. The number of hydrogen-bond donors (Lipinski definition) is 1. The van der Waals surface area contributed by atoms with E-state index in [4.69, 9.17) is 0 Å². The lowest BCUT2D eigenvalue weighted by molar-refractivity contribution is 0.768. The van der Waals surface area contributed by atoms with Crippen LogP contribution in [0.2, 0.25) is 0 Å². The Morgan fingerprint density at radius 2 is 0.921 bits per heavy atom. The van der Waals surface area contributed by atoms with E-state index in [1.807, 2.05) is 6.07 Å². The molecular formula is C37H27N. The summed E-state index contributed by atoms with van der Waals surface area (Å²) in [5.74, 6) is 0. The molecular weight excluding hydrogens is 458 g/mol. The molecule has 1 heteroatoms. The van der Waals surface area contributed by atoms with Crippen LogP contribution in [0.25, 0.3) is 22.3 Å². The number of para-hydroxylation sites is 1. The van der Waals surface area contributed by atoms with Crippen LogP contribution in [0.5, 0.6) is 0 Å². The molecule has 180 valence electrons. The van der Waals surface area contributed by atoms with Crippen molar-refractivity contribution in [2.75, 3.05) is 5.32 Å². The zero-order chi connectivity index (χ0) is 25.4. The lowest BCUT2D eigenvalue weighted by Gasteiger charge is -2.34. The second-order valence-corrected chi connectivity index (χ2v) is 9.83. The van der Waals surface area contributed by atoms with Crippen LogP contribution in [-0.4, -0.2) is 0 Å². The van der Waals surface area contributed by atoms with E-state index in [9.17, 15) is 0 Å². The van der Waals surface area contributed by atoms with E-state index in [1.54, 1.807) is 0 Å². The van der Waals surface area contributed by atoms with Crippen LogP contribution in [0.15, 0.2) is 158 Å². The number of fused-ring (bicyclic) bond motifs is 3. The van der Waals surface area contributed by atoms with Gasteiger partial charge in [-0.2, -0.15) is 0 Å². The summed E-state index contributed by atoms with van der Waals surface area (Å²) in [5.41, 5.74) is 12.1. The minimum Gasteiger partial charge on any atom is -0.356 e. The monoisotopic (exact) mass is 485 g/mol. The van der Waals surface area contributed by atoms with Gasteiger partial charge in [-0.15, -0.1) is 0 Å². The van der Waals surface area contributed by atoms with Crippen molar-refractivity contribution in [2.24, 2.45) is 0 Å². The highest BCUT2D eigenvalue weighted by Gasteiger charge is 2.46. The fourth-order valence-corrected chi connectivity index (χ4v) is 6.19. The molecule has 1 nitrogen and oxygen atoms in total. The van der Waals surface area contributed by atoms with Gasteiger partial charge < -0.3 is 5.32 Å². The summed E-state index contributed by atoms with van der Waals surface area (Å²) in [6.07, 6.45) is 0. The number of benzene rings is 6. The molecule has 38 heavy (non-hydrogen) atoms. The average molecular weight is 486 g/mol. The van der Waals surface area contributed by atoms with E-state index in [1.165, 1.54) is 44.5 Å². The molecule has 0 bridgehead atoms. The summed E-state index contributed by atoms with van der Waals surface area (Å²) in [6, 6.07) is 56.8. The summed E-state index contributed by atoms with van der Waals surface area (Å²) >= 11 is 0. The highest BCUT2D eigenvalue weighted by atomic mass is 14.9. The van der Waals surface area contributed by atoms with Crippen LogP contribution in [0.1, 0.15) is 22.3 Å². The zero-order valence-electron chi connectivity index (χ0n) is 21.0. The van der Waals surface area contributed by atoms with Crippen LogP contribution in [-0.2, 0) is 5.41 Å². The Balaban J connectivity index is 1.49. The van der Waals surface area contributed by atoms with Crippen LogP contribution in [0, 0.1) is 0 Å². The van der Waals surface area contributed by atoms with Crippen molar-refractivity contribution in [2.45, 2.75) is 5.41 Å². The van der Waals surface area contributed by atoms with Crippen molar-refractivity contribution >= 4 is 11.4 Å². The third-order valence-corrected chi connectivity index (χ3v) is 7.72. The molecule has 0 aliphatic heterocycles. The maximum absolute atomic E-state index is 3.57. The van der Waals surface area contributed by atoms with Gasteiger partial charge in [-0.1, -0.05) is 133 Å². The van der Waals surface area contributed by atoms with E-state index in [2.05, 4.69) is 157 Å². The second kappa shape index (κ2) is 9.21. The Morgan fingerprint density at radius 3 is 1.63 bits per heavy atom. The average Bonchev–Trinajstić information content (AvgIpc) is 3.30. The van der Waals surface area contributed by atoms with Gasteiger partial charge in [0, 0.05) is 11.4 Å². The smallest absolute Gasteiger partial charge is 0.0713 e. The van der Waals surface area contributed by atoms with E-state index in [0.29, 0.717) is 0 Å².